The molecule has 8 aromatic carbocycles. The molecule has 2 aromatic heterocycles. The van der Waals surface area contributed by atoms with Gasteiger partial charge in [0.2, 0.25) is 0 Å². The lowest BCUT2D eigenvalue weighted by molar-refractivity contribution is 0.661. The highest BCUT2D eigenvalue weighted by Crippen LogP contribution is 2.53. The average Bonchev–Trinajstić information content (AvgIpc) is 3.70. The van der Waals surface area contributed by atoms with Gasteiger partial charge in [-0.25, -0.2) is 9.97 Å². The molecule has 0 atom stereocenters. The van der Waals surface area contributed by atoms with Gasteiger partial charge in [-0.1, -0.05) is 141 Å². The van der Waals surface area contributed by atoms with Crippen molar-refractivity contribution < 1.29 is 0 Å². The fraction of sp³-hybridized carbons (Fsp3) is 0.0588. The highest BCUT2D eigenvalue weighted by atomic mass is 32.1. The van der Waals surface area contributed by atoms with E-state index in [4.69, 9.17) is 9.97 Å². The van der Waals surface area contributed by atoms with Crippen molar-refractivity contribution in [3.63, 3.8) is 0 Å². The molecule has 54 heavy (non-hydrogen) atoms. The molecule has 0 saturated carbocycles. The first kappa shape index (κ1) is 31.1. The molecule has 10 aromatic rings. The minimum Gasteiger partial charge on any atom is -0.228 e. The number of benzene rings is 8. The van der Waals surface area contributed by atoms with Crippen LogP contribution in [0.3, 0.4) is 0 Å². The molecule has 0 aliphatic heterocycles. The summed E-state index contributed by atoms with van der Waals surface area (Å²) in [7, 11) is 0. The summed E-state index contributed by atoms with van der Waals surface area (Å²) >= 11 is 1.86. The molecule has 0 saturated heterocycles. The SMILES string of the molecule is CC1(C)c2cc3ccccc3cc2-c2c(-c3cc(-c4ccc5cc(-c6ccc7c(c6)sc6ccccc67)ccc5c4)nc(-c4ccccc4)n3)cccc21. The van der Waals surface area contributed by atoms with Crippen LogP contribution < -0.4 is 0 Å². The van der Waals surface area contributed by atoms with Crippen LogP contribution in [0, 0.1) is 0 Å². The van der Waals surface area contributed by atoms with Crippen LogP contribution in [0.4, 0.5) is 0 Å². The summed E-state index contributed by atoms with van der Waals surface area (Å²) in [6.07, 6.45) is 0. The van der Waals surface area contributed by atoms with E-state index in [0.717, 1.165) is 33.9 Å². The number of rotatable bonds is 4. The smallest absolute Gasteiger partial charge is 0.160 e. The third kappa shape index (κ3) is 4.86. The van der Waals surface area contributed by atoms with Gasteiger partial charge in [0, 0.05) is 42.3 Å². The molecule has 11 rings (SSSR count). The summed E-state index contributed by atoms with van der Waals surface area (Å²) < 4.78 is 2.65. The van der Waals surface area contributed by atoms with Crippen LogP contribution in [0.2, 0.25) is 0 Å². The normalized spacial score (nSPS) is 13.1. The molecule has 2 nitrogen and oxygen atoms in total. The van der Waals surface area contributed by atoms with Crippen LogP contribution in [0.1, 0.15) is 25.0 Å². The first-order valence-electron chi connectivity index (χ1n) is 18.6. The summed E-state index contributed by atoms with van der Waals surface area (Å²) in [5.74, 6) is 0.726. The quantitative estimate of drug-likeness (QED) is 0.182. The Morgan fingerprint density at radius 2 is 1.06 bits per heavy atom. The van der Waals surface area contributed by atoms with Crippen LogP contribution >= 0.6 is 11.3 Å². The van der Waals surface area contributed by atoms with Crippen LogP contribution in [-0.2, 0) is 5.41 Å². The zero-order valence-corrected chi connectivity index (χ0v) is 30.8. The van der Waals surface area contributed by atoms with Crippen molar-refractivity contribution in [2.75, 3.05) is 0 Å². The van der Waals surface area contributed by atoms with Gasteiger partial charge < -0.3 is 0 Å². The lowest BCUT2D eigenvalue weighted by atomic mass is 9.81. The number of hydrogen-bond donors (Lipinski definition) is 0. The van der Waals surface area contributed by atoms with Crippen LogP contribution in [0.15, 0.2) is 170 Å². The predicted molar refractivity (Wildman–Crippen MR) is 229 cm³/mol. The molecule has 3 heteroatoms. The molecule has 0 radical (unpaired) electrons. The second-order valence-electron chi connectivity index (χ2n) is 15.0. The van der Waals surface area contributed by atoms with E-state index in [1.807, 2.05) is 17.4 Å². The molecular weight excluding hydrogens is 673 g/mol. The second kappa shape index (κ2) is 11.8. The zero-order chi connectivity index (χ0) is 36.0. The highest BCUT2D eigenvalue weighted by molar-refractivity contribution is 7.25. The van der Waals surface area contributed by atoms with E-state index in [9.17, 15) is 0 Å². The standard InChI is InChI=1S/C51H34N2S/c1-51(2)43-17-10-16-41(49(43)42-27-32-13-6-7-14-33(32)28-44(42)51)46-30-45(52-50(53-46)31-11-4-3-5-12-31)38-22-21-34-25-35(19-20-36(34)26-38)37-23-24-40-39-15-8-9-18-47(39)54-48(40)29-37/h3-30H,1-2H3. The minimum absolute atomic E-state index is 0.135. The zero-order valence-electron chi connectivity index (χ0n) is 30.0. The van der Waals surface area contributed by atoms with E-state index in [-0.39, 0.29) is 5.41 Å². The van der Waals surface area contributed by atoms with Crippen molar-refractivity contribution in [2.24, 2.45) is 0 Å². The van der Waals surface area contributed by atoms with E-state index in [1.165, 1.54) is 75.1 Å². The maximum atomic E-state index is 5.29. The van der Waals surface area contributed by atoms with Crippen LogP contribution in [-0.4, -0.2) is 9.97 Å². The highest BCUT2D eigenvalue weighted by Gasteiger charge is 2.37. The van der Waals surface area contributed by atoms with Gasteiger partial charge >= 0.3 is 0 Å². The fourth-order valence-electron chi connectivity index (χ4n) is 8.63. The summed E-state index contributed by atoms with van der Waals surface area (Å²) in [4.78, 5) is 10.5. The molecule has 0 fully saturated rings. The molecule has 0 N–H and O–H groups in total. The largest absolute Gasteiger partial charge is 0.228 e. The Labute approximate surface area is 318 Å². The molecule has 0 bridgehead atoms. The van der Waals surface area contributed by atoms with Crippen molar-refractivity contribution in [3.05, 3.63) is 181 Å². The monoisotopic (exact) mass is 706 g/mol. The third-order valence-electron chi connectivity index (χ3n) is 11.4. The van der Waals surface area contributed by atoms with Gasteiger partial charge in [-0.2, -0.15) is 0 Å². The fourth-order valence-corrected chi connectivity index (χ4v) is 9.77. The third-order valence-corrected chi connectivity index (χ3v) is 12.6. The Kier molecular flexibility index (Phi) is 6.80. The first-order valence-corrected chi connectivity index (χ1v) is 19.4. The summed E-state index contributed by atoms with van der Waals surface area (Å²) in [5.41, 5.74) is 12.6. The van der Waals surface area contributed by atoms with Gasteiger partial charge in [0.05, 0.1) is 11.4 Å². The summed E-state index contributed by atoms with van der Waals surface area (Å²) in [6.45, 7) is 4.69. The Morgan fingerprint density at radius 3 is 1.91 bits per heavy atom. The molecule has 1 aliphatic carbocycles. The lowest BCUT2D eigenvalue weighted by Gasteiger charge is -2.22. The number of thiophene rings is 1. The Hall–Kier alpha value is -6.42. The van der Waals surface area contributed by atoms with E-state index in [2.05, 4.69) is 178 Å². The molecule has 0 spiro atoms. The van der Waals surface area contributed by atoms with Crippen molar-refractivity contribution in [2.45, 2.75) is 19.3 Å². The van der Waals surface area contributed by atoms with E-state index in [1.54, 1.807) is 0 Å². The lowest BCUT2D eigenvalue weighted by Crippen LogP contribution is -2.14. The second-order valence-corrected chi connectivity index (χ2v) is 16.1. The topological polar surface area (TPSA) is 25.8 Å². The number of fused-ring (bicyclic) bond motifs is 8. The number of hydrogen-bond acceptors (Lipinski definition) is 3. The van der Waals surface area contributed by atoms with Gasteiger partial charge in [-0.05, 0) is 97.4 Å². The van der Waals surface area contributed by atoms with Crippen LogP contribution in [0.25, 0.3) is 97.9 Å². The maximum absolute atomic E-state index is 5.29. The first-order chi connectivity index (χ1) is 26.5. The van der Waals surface area contributed by atoms with Gasteiger partial charge in [0.1, 0.15) is 0 Å². The molecule has 0 unspecified atom stereocenters. The van der Waals surface area contributed by atoms with Crippen molar-refractivity contribution in [1.29, 1.82) is 0 Å². The van der Waals surface area contributed by atoms with Crippen molar-refractivity contribution >= 4 is 53.1 Å². The van der Waals surface area contributed by atoms with Crippen LogP contribution in [0.5, 0.6) is 0 Å². The van der Waals surface area contributed by atoms with Gasteiger partial charge in [0.25, 0.3) is 0 Å². The Bertz CT molecular complexity index is 3130. The molecule has 2 heterocycles. The number of aromatic nitrogens is 2. The van der Waals surface area contributed by atoms with Crippen molar-refractivity contribution in [3.8, 4) is 56.2 Å². The predicted octanol–water partition coefficient (Wildman–Crippen LogP) is 14.1. The Morgan fingerprint density at radius 1 is 0.407 bits per heavy atom. The van der Waals surface area contributed by atoms with Gasteiger partial charge in [-0.15, -0.1) is 11.3 Å². The van der Waals surface area contributed by atoms with E-state index < -0.39 is 0 Å². The molecule has 254 valence electrons. The van der Waals surface area contributed by atoms with Crippen molar-refractivity contribution in [1.82, 2.24) is 9.97 Å². The van der Waals surface area contributed by atoms with Gasteiger partial charge in [0.15, 0.2) is 5.82 Å². The van der Waals surface area contributed by atoms with E-state index >= 15 is 0 Å². The number of nitrogens with zero attached hydrogens (tertiary/aromatic N) is 2. The average molecular weight is 707 g/mol. The summed E-state index contributed by atoms with van der Waals surface area (Å²) in [6, 6.07) is 61.8. The van der Waals surface area contributed by atoms with Gasteiger partial charge in [-0.3, -0.25) is 0 Å². The minimum atomic E-state index is -0.135. The molecular formula is C51H34N2S. The maximum Gasteiger partial charge on any atom is 0.160 e. The molecule has 1 aliphatic rings. The Balaban J connectivity index is 1.04. The molecule has 0 amide bonds. The van der Waals surface area contributed by atoms with E-state index in [0.29, 0.717) is 0 Å². The summed E-state index contributed by atoms with van der Waals surface area (Å²) in [5, 5.41) is 7.57.